The van der Waals surface area contributed by atoms with E-state index in [4.69, 9.17) is 0 Å². The number of carbonyl (C=O) groups is 1. The summed E-state index contributed by atoms with van der Waals surface area (Å²) in [7, 11) is 1.87. The summed E-state index contributed by atoms with van der Waals surface area (Å²) in [6.07, 6.45) is 5.39. The summed E-state index contributed by atoms with van der Waals surface area (Å²) in [4.78, 5) is 11.6. The molecule has 0 unspecified atom stereocenters. The number of carbonyl (C=O) groups excluding carboxylic acids is 1. The van der Waals surface area contributed by atoms with Crippen LogP contribution in [0.3, 0.4) is 0 Å². The predicted molar refractivity (Wildman–Crippen MR) is 60.6 cm³/mol. The monoisotopic (exact) mass is 269 g/mol. The van der Waals surface area contributed by atoms with E-state index in [0.29, 0.717) is 0 Å². The lowest BCUT2D eigenvalue weighted by molar-refractivity contribution is -0.671. The molecule has 0 atom stereocenters. The molecule has 1 amide bonds. The van der Waals surface area contributed by atoms with Crippen LogP contribution in [0.4, 0.5) is 10.1 Å². The lowest BCUT2D eigenvalue weighted by Gasteiger charge is -2.04. The Labute approximate surface area is 110 Å². The number of imidazole rings is 1. The molecule has 0 bridgehead atoms. The van der Waals surface area contributed by atoms with E-state index in [9.17, 15) is 9.18 Å². The normalized spacial score (nSPS) is 9.67. The lowest BCUT2D eigenvalue weighted by Crippen LogP contribution is -3.00. The van der Waals surface area contributed by atoms with Gasteiger partial charge in [-0.05, 0) is 12.1 Å². The zero-order chi connectivity index (χ0) is 12.3. The molecule has 6 heteroatoms. The molecular weight excluding hydrogens is 257 g/mol. The molecule has 0 aliphatic carbocycles. The Hall–Kier alpha value is -1.88. The average Bonchev–Trinajstić information content (AvgIpc) is 2.67. The minimum atomic E-state index is -0.432. The van der Waals surface area contributed by atoms with E-state index in [1.54, 1.807) is 29.2 Å². The summed E-state index contributed by atoms with van der Waals surface area (Å²) in [5.74, 6) is -0.690. The van der Waals surface area contributed by atoms with Gasteiger partial charge < -0.3 is 17.7 Å². The maximum atomic E-state index is 13.3. The Bertz CT molecular complexity index is 542. The Morgan fingerprint density at radius 2 is 2.17 bits per heavy atom. The molecule has 0 saturated heterocycles. The molecule has 96 valence electrons. The van der Waals surface area contributed by atoms with Crippen LogP contribution in [0.15, 0.2) is 43.0 Å². The second-order valence-corrected chi connectivity index (χ2v) is 3.78. The topological polar surface area (TPSA) is 37.9 Å². The van der Waals surface area contributed by atoms with Gasteiger partial charge in [0.15, 0.2) is 6.54 Å². The number of aromatic nitrogens is 2. The van der Waals surface area contributed by atoms with Gasteiger partial charge in [0.1, 0.15) is 18.2 Å². The summed E-state index contributed by atoms with van der Waals surface area (Å²) < 4.78 is 16.8. The number of para-hydroxylation sites is 1. The van der Waals surface area contributed by atoms with Crippen LogP contribution in [-0.4, -0.2) is 10.5 Å². The van der Waals surface area contributed by atoms with Gasteiger partial charge in [0.25, 0.3) is 5.91 Å². The molecule has 0 radical (unpaired) electrons. The molecule has 2 aromatic rings. The number of aryl methyl sites for hydroxylation is 1. The molecule has 1 N–H and O–H groups in total. The van der Waals surface area contributed by atoms with Crippen molar-refractivity contribution in [1.82, 2.24) is 4.57 Å². The molecule has 1 heterocycles. The van der Waals surface area contributed by atoms with Crippen molar-refractivity contribution < 1.29 is 26.2 Å². The summed E-state index contributed by atoms with van der Waals surface area (Å²) in [6, 6.07) is 6.10. The van der Waals surface area contributed by atoms with Gasteiger partial charge in [-0.25, -0.2) is 13.5 Å². The number of nitrogens with zero attached hydrogens (tertiary/aromatic N) is 2. The van der Waals surface area contributed by atoms with E-state index in [2.05, 4.69) is 5.32 Å². The van der Waals surface area contributed by atoms with E-state index >= 15 is 0 Å². The Balaban J connectivity index is 0.00000162. The molecule has 0 aliphatic rings. The predicted octanol–water partition coefficient (Wildman–Crippen LogP) is -1.91. The van der Waals surface area contributed by atoms with Crippen molar-refractivity contribution in [1.29, 1.82) is 0 Å². The number of hydrogen-bond acceptors (Lipinski definition) is 1. The van der Waals surface area contributed by atoms with E-state index in [0.717, 1.165) is 0 Å². The smallest absolute Gasteiger partial charge is 0.266 e. The number of hydrogen-bond donors (Lipinski definition) is 1. The molecular formula is C12H13ClFN3O. The van der Waals surface area contributed by atoms with E-state index < -0.39 is 5.82 Å². The number of halogens is 2. The van der Waals surface area contributed by atoms with Crippen LogP contribution in [0.2, 0.25) is 0 Å². The number of anilines is 1. The number of benzene rings is 1. The summed E-state index contributed by atoms with van der Waals surface area (Å²) in [5, 5.41) is 2.52. The highest BCUT2D eigenvalue weighted by Crippen LogP contribution is 2.12. The second-order valence-electron chi connectivity index (χ2n) is 3.78. The van der Waals surface area contributed by atoms with Gasteiger partial charge in [0.2, 0.25) is 6.33 Å². The van der Waals surface area contributed by atoms with E-state index in [-0.39, 0.29) is 30.5 Å². The zero-order valence-electron chi connectivity index (χ0n) is 9.81. The van der Waals surface area contributed by atoms with Crippen molar-refractivity contribution in [2.75, 3.05) is 5.32 Å². The maximum Gasteiger partial charge on any atom is 0.266 e. The Morgan fingerprint density at radius 1 is 1.44 bits per heavy atom. The molecule has 4 nitrogen and oxygen atoms in total. The standard InChI is InChI=1S/C12H12FN3O.ClH/c1-15-6-7-16(9-15)8-12(17)14-11-5-3-2-4-10(11)13;/h2-7,9H,8H2,1H3;1H. The molecule has 0 aliphatic heterocycles. The minimum absolute atomic E-state index is 0. The van der Waals surface area contributed by atoms with Gasteiger partial charge in [0.05, 0.1) is 12.7 Å². The fourth-order valence-electron chi connectivity index (χ4n) is 1.51. The molecule has 0 saturated carbocycles. The van der Waals surface area contributed by atoms with Gasteiger partial charge in [-0.15, -0.1) is 0 Å². The summed E-state index contributed by atoms with van der Waals surface area (Å²) >= 11 is 0. The third kappa shape index (κ3) is 3.56. The Morgan fingerprint density at radius 3 is 2.78 bits per heavy atom. The van der Waals surface area contributed by atoms with Crippen LogP contribution in [0.25, 0.3) is 0 Å². The third-order valence-corrected chi connectivity index (χ3v) is 2.30. The molecule has 0 fully saturated rings. The third-order valence-electron chi connectivity index (χ3n) is 2.30. The first kappa shape index (κ1) is 14.2. The number of rotatable bonds is 3. The highest BCUT2D eigenvalue weighted by Gasteiger charge is 2.10. The number of nitrogens with one attached hydrogen (secondary N) is 1. The van der Waals surface area contributed by atoms with Crippen LogP contribution in [-0.2, 0) is 18.4 Å². The fourth-order valence-corrected chi connectivity index (χ4v) is 1.51. The molecule has 1 aromatic carbocycles. The van der Waals surface area contributed by atoms with Crippen LogP contribution in [0.1, 0.15) is 0 Å². The lowest BCUT2D eigenvalue weighted by atomic mass is 10.3. The van der Waals surface area contributed by atoms with E-state index in [1.807, 2.05) is 17.8 Å². The first-order valence-corrected chi connectivity index (χ1v) is 5.20. The fraction of sp³-hybridized carbons (Fsp3) is 0.167. The van der Waals surface area contributed by atoms with Crippen LogP contribution in [0, 0.1) is 5.82 Å². The second kappa shape index (κ2) is 6.16. The first-order chi connectivity index (χ1) is 8.15. The van der Waals surface area contributed by atoms with Gasteiger partial charge in [-0.3, -0.25) is 4.79 Å². The highest BCUT2D eigenvalue weighted by molar-refractivity contribution is 5.90. The summed E-state index contributed by atoms with van der Waals surface area (Å²) in [6.45, 7) is 0.162. The van der Waals surface area contributed by atoms with Crippen molar-refractivity contribution in [2.45, 2.75) is 6.54 Å². The van der Waals surface area contributed by atoms with Crippen LogP contribution < -0.4 is 22.3 Å². The van der Waals surface area contributed by atoms with Crippen LogP contribution >= 0.6 is 0 Å². The zero-order valence-corrected chi connectivity index (χ0v) is 10.6. The molecule has 18 heavy (non-hydrogen) atoms. The van der Waals surface area contributed by atoms with Crippen LogP contribution in [0.5, 0.6) is 0 Å². The molecule has 1 aromatic heterocycles. The first-order valence-electron chi connectivity index (χ1n) is 5.20. The average molecular weight is 270 g/mol. The maximum absolute atomic E-state index is 13.3. The van der Waals surface area contributed by atoms with Gasteiger partial charge >= 0.3 is 0 Å². The number of amides is 1. The summed E-state index contributed by atoms with van der Waals surface area (Å²) in [5.41, 5.74) is 0.203. The van der Waals surface area contributed by atoms with Crippen molar-refractivity contribution >= 4 is 11.6 Å². The largest absolute Gasteiger partial charge is 1.00 e. The van der Waals surface area contributed by atoms with Crippen molar-refractivity contribution in [3.63, 3.8) is 0 Å². The van der Waals surface area contributed by atoms with E-state index in [1.165, 1.54) is 12.1 Å². The van der Waals surface area contributed by atoms with Gasteiger partial charge in [0, 0.05) is 0 Å². The SMILES string of the molecule is C[n+]1ccn(CC(=O)Nc2ccccc2F)c1.[Cl-]. The minimum Gasteiger partial charge on any atom is -1.00 e. The molecule has 2 rings (SSSR count). The van der Waals surface area contributed by atoms with Crippen molar-refractivity contribution in [2.24, 2.45) is 7.05 Å². The van der Waals surface area contributed by atoms with Gasteiger partial charge in [-0.1, -0.05) is 12.1 Å². The van der Waals surface area contributed by atoms with Gasteiger partial charge in [-0.2, -0.15) is 0 Å². The highest BCUT2D eigenvalue weighted by atomic mass is 35.5. The molecule has 0 spiro atoms. The van der Waals surface area contributed by atoms with Crippen molar-refractivity contribution in [3.8, 4) is 0 Å². The van der Waals surface area contributed by atoms with Crippen molar-refractivity contribution in [3.05, 3.63) is 48.8 Å². The Kier molecular flexibility index (Phi) is 4.85. The quantitative estimate of drug-likeness (QED) is 0.649.